The zero-order chi connectivity index (χ0) is 10.5. The van der Waals surface area contributed by atoms with Crippen LogP contribution in [0.1, 0.15) is 5.56 Å². The molecular weight excluding hydrogens is 193 g/mol. The second-order valence-electron chi connectivity index (χ2n) is 3.08. The van der Waals surface area contributed by atoms with Crippen molar-refractivity contribution in [2.75, 3.05) is 5.32 Å². The predicted molar refractivity (Wildman–Crippen MR) is 55.8 cm³/mol. The van der Waals surface area contributed by atoms with Crippen LogP contribution in [0.5, 0.6) is 0 Å². The predicted octanol–water partition coefficient (Wildman–Crippen LogP) is 2.23. The lowest BCUT2D eigenvalue weighted by atomic mass is 10.2. The summed E-state index contributed by atoms with van der Waals surface area (Å²) in [6.45, 7) is 0.645. The second kappa shape index (κ2) is 4.50. The van der Waals surface area contributed by atoms with Gasteiger partial charge < -0.3 is 5.32 Å². The smallest absolute Gasteiger partial charge is 0.214 e. The van der Waals surface area contributed by atoms with E-state index in [2.05, 4.69) is 15.3 Å². The Kier molecular flexibility index (Phi) is 2.88. The number of nitrogens with one attached hydrogen (secondary N) is 1. The normalized spacial score (nSPS) is 9.93. The Bertz CT molecular complexity index is 431. The molecule has 0 bridgehead atoms. The zero-order valence-corrected chi connectivity index (χ0v) is 8.02. The van der Waals surface area contributed by atoms with Crippen molar-refractivity contribution in [2.45, 2.75) is 6.54 Å². The molecule has 2 heterocycles. The standard InChI is InChI=1S/C11H10FN3/c12-11-7-10(3-6-14-11)15-8-9-1-4-13-5-2-9/h1-7H,8H2,(H,14,15). The monoisotopic (exact) mass is 203 g/mol. The van der Waals surface area contributed by atoms with Gasteiger partial charge >= 0.3 is 0 Å². The van der Waals surface area contributed by atoms with Crippen molar-refractivity contribution < 1.29 is 4.39 Å². The third kappa shape index (κ3) is 2.74. The van der Waals surface area contributed by atoms with Crippen molar-refractivity contribution in [1.82, 2.24) is 9.97 Å². The van der Waals surface area contributed by atoms with Gasteiger partial charge in [-0.25, -0.2) is 4.98 Å². The molecule has 0 saturated carbocycles. The number of anilines is 1. The first-order valence-electron chi connectivity index (χ1n) is 4.59. The highest BCUT2D eigenvalue weighted by atomic mass is 19.1. The lowest BCUT2D eigenvalue weighted by molar-refractivity contribution is 0.584. The summed E-state index contributed by atoms with van der Waals surface area (Å²) in [6.07, 6.45) is 4.89. The maximum Gasteiger partial charge on any atom is 0.214 e. The van der Waals surface area contributed by atoms with Crippen LogP contribution in [0.3, 0.4) is 0 Å². The minimum atomic E-state index is -0.477. The van der Waals surface area contributed by atoms with Gasteiger partial charge in [0.25, 0.3) is 0 Å². The maximum atomic E-state index is 12.7. The van der Waals surface area contributed by atoms with Gasteiger partial charge in [0, 0.05) is 36.9 Å². The molecule has 0 unspecified atom stereocenters. The maximum absolute atomic E-state index is 12.7. The van der Waals surface area contributed by atoms with Crippen molar-refractivity contribution in [3.63, 3.8) is 0 Å². The first-order chi connectivity index (χ1) is 7.34. The van der Waals surface area contributed by atoms with E-state index in [0.29, 0.717) is 6.54 Å². The molecule has 3 nitrogen and oxygen atoms in total. The number of halogens is 1. The molecule has 76 valence electrons. The Morgan fingerprint density at radius 3 is 2.67 bits per heavy atom. The van der Waals surface area contributed by atoms with Gasteiger partial charge in [0.2, 0.25) is 5.95 Å². The van der Waals surface area contributed by atoms with E-state index < -0.39 is 5.95 Å². The molecule has 2 aromatic heterocycles. The summed E-state index contributed by atoms with van der Waals surface area (Å²) in [5, 5.41) is 3.09. The number of rotatable bonds is 3. The molecule has 1 N–H and O–H groups in total. The SMILES string of the molecule is Fc1cc(NCc2ccncc2)ccn1. The highest BCUT2D eigenvalue weighted by Crippen LogP contribution is 2.08. The van der Waals surface area contributed by atoms with Crippen LogP contribution in [-0.2, 0) is 6.54 Å². The van der Waals surface area contributed by atoms with Gasteiger partial charge in [0.05, 0.1) is 0 Å². The van der Waals surface area contributed by atoms with Crippen molar-refractivity contribution in [3.05, 3.63) is 54.4 Å². The third-order valence-corrected chi connectivity index (χ3v) is 1.97. The number of hydrogen-bond acceptors (Lipinski definition) is 3. The molecule has 4 heteroatoms. The molecule has 0 aliphatic heterocycles. The van der Waals surface area contributed by atoms with Crippen LogP contribution in [0.4, 0.5) is 10.1 Å². The average Bonchev–Trinajstić information content (AvgIpc) is 2.28. The Hall–Kier alpha value is -1.97. The molecule has 0 amide bonds. The largest absolute Gasteiger partial charge is 0.381 e. The summed E-state index contributed by atoms with van der Waals surface area (Å²) in [5.41, 5.74) is 1.82. The fourth-order valence-electron chi connectivity index (χ4n) is 1.22. The van der Waals surface area contributed by atoms with E-state index in [1.165, 1.54) is 12.3 Å². The minimum absolute atomic E-state index is 0.477. The summed E-state index contributed by atoms with van der Waals surface area (Å²) >= 11 is 0. The summed E-state index contributed by atoms with van der Waals surface area (Å²) in [6, 6.07) is 6.90. The Balaban J connectivity index is 1.99. The molecule has 0 aromatic carbocycles. The Morgan fingerprint density at radius 1 is 1.13 bits per heavy atom. The Morgan fingerprint density at radius 2 is 1.93 bits per heavy atom. The topological polar surface area (TPSA) is 37.8 Å². The Labute approximate surface area is 87.0 Å². The van der Waals surface area contributed by atoms with Crippen LogP contribution in [0.15, 0.2) is 42.9 Å². The number of pyridine rings is 2. The van der Waals surface area contributed by atoms with Gasteiger partial charge in [-0.05, 0) is 23.8 Å². The average molecular weight is 203 g/mol. The fraction of sp³-hybridized carbons (Fsp3) is 0.0909. The number of nitrogens with zero attached hydrogens (tertiary/aromatic N) is 2. The van der Waals surface area contributed by atoms with Crippen LogP contribution in [-0.4, -0.2) is 9.97 Å². The quantitative estimate of drug-likeness (QED) is 0.777. The van der Waals surface area contributed by atoms with Crippen LogP contribution < -0.4 is 5.32 Å². The molecule has 0 atom stereocenters. The van der Waals surface area contributed by atoms with Gasteiger partial charge in [0.1, 0.15) is 0 Å². The summed E-state index contributed by atoms with van der Waals surface area (Å²) in [7, 11) is 0. The molecule has 15 heavy (non-hydrogen) atoms. The summed E-state index contributed by atoms with van der Waals surface area (Å²) < 4.78 is 12.7. The van der Waals surface area contributed by atoms with Crippen LogP contribution in [0.2, 0.25) is 0 Å². The molecule has 2 aromatic rings. The molecular formula is C11H10FN3. The molecule has 0 aliphatic carbocycles. The van der Waals surface area contributed by atoms with Crippen LogP contribution in [0, 0.1) is 5.95 Å². The van der Waals surface area contributed by atoms with Gasteiger partial charge in [-0.2, -0.15) is 4.39 Å². The lowest BCUT2D eigenvalue weighted by Crippen LogP contribution is -1.99. The van der Waals surface area contributed by atoms with Crippen LogP contribution >= 0.6 is 0 Å². The van der Waals surface area contributed by atoms with Gasteiger partial charge in [-0.15, -0.1) is 0 Å². The molecule has 0 aliphatic rings. The van der Waals surface area contributed by atoms with E-state index in [-0.39, 0.29) is 0 Å². The molecule has 0 saturated heterocycles. The second-order valence-corrected chi connectivity index (χ2v) is 3.08. The van der Waals surface area contributed by atoms with Gasteiger partial charge in [0.15, 0.2) is 0 Å². The van der Waals surface area contributed by atoms with Gasteiger partial charge in [-0.3, -0.25) is 4.98 Å². The van der Waals surface area contributed by atoms with Gasteiger partial charge in [-0.1, -0.05) is 0 Å². The number of hydrogen-bond donors (Lipinski definition) is 1. The summed E-state index contributed by atoms with van der Waals surface area (Å²) in [5.74, 6) is -0.477. The van der Waals surface area contributed by atoms with Crippen molar-refractivity contribution in [3.8, 4) is 0 Å². The highest BCUT2D eigenvalue weighted by Gasteiger charge is 1.95. The third-order valence-electron chi connectivity index (χ3n) is 1.97. The van der Waals surface area contributed by atoms with E-state index in [0.717, 1.165) is 11.3 Å². The number of aromatic nitrogens is 2. The van der Waals surface area contributed by atoms with E-state index >= 15 is 0 Å². The van der Waals surface area contributed by atoms with Crippen LogP contribution in [0.25, 0.3) is 0 Å². The van der Waals surface area contributed by atoms with E-state index in [1.807, 2.05) is 12.1 Å². The first kappa shape index (κ1) is 9.58. The first-order valence-corrected chi connectivity index (χ1v) is 4.59. The minimum Gasteiger partial charge on any atom is -0.381 e. The van der Waals surface area contributed by atoms with E-state index in [9.17, 15) is 4.39 Å². The molecule has 0 spiro atoms. The van der Waals surface area contributed by atoms with Crippen molar-refractivity contribution >= 4 is 5.69 Å². The lowest BCUT2D eigenvalue weighted by Gasteiger charge is -2.05. The van der Waals surface area contributed by atoms with Crippen molar-refractivity contribution in [1.29, 1.82) is 0 Å². The molecule has 0 fully saturated rings. The van der Waals surface area contributed by atoms with E-state index in [4.69, 9.17) is 0 Å². The van der Waals surface area contributed by atoms with Crippen molar-refractivity contribution in [2.24, 2.45) is 0 Å². The summed E-state index contributed by atoms with van der Waals surface area (Å²) in [4.78, 5) is 7.39. The fourth-order valence-corrected chi connectivity index (χ4v) is 1.22. The molecule has 0 radical (unpaired) electrons. The zero-order valence-electron chi connectivity index (χ0n) is 8.02. The van der Waals surface area contributed by atoms with E-state index in [1.54, 1.807) is 18.5 Å². The molecule has 2 rings (SSSR count). The highest BCUT2D eigenvalue weighted by molar-refractivity contribution is 5.41.